The van der Waals surface area contributed by atoms with Gasteiger partial charge >= 0.3 is 0 Å². The van der Waals surface area contributed by atoms with Crippen LogP contribution in [0.15, 0.2) is 43.0 Å². The van der Waals surface area contributed by atoms with E-state index in [0.29, 0.717) is 6.42 Å². The maximum Gasteiger partial charge on any atom is 0.167 e. The Kier molecular flexibility index (Phi) is 3.05. The Labute approximate surface area is 94.2 Å². The Morgan fingerprint density at radius 2 is 1.81 bits per heavy atom. The highest BCUT2D eigenvalue weighted by Gasteiger charge is 2.09. The molecule has 0 bridgehead atoms. The van der Waals surface area contributed by atoms with E-state index in [0.717, 1.165) is 16.7 Å². The van der Waals surface area contributed by atoms with Crippen LogP contribution in [-0.4, -0.2) is 15.8 Å². The molecular weight excluding hydrogens is 200 g/mol. The van der Waals surface area contributed by atoms with Gasteiger partial charge in [-0.3, -0.25) is 14.8 Å². The van der Waals surface area contributed by atoms with Gasteiger partial charge in [0, 0.05) is 36.8 Å². The molecule has 0 radical (unpaired) electrons. The van der Waals surface area contributed by atoms with Crippen molar-refractivity contribution < 1.29 is 4.79 Å². The Balaban J connectivity index is 2.19. The second kappa shape index (κ2) is 4.66. The summed E-state index contributed by atoms with van der Waals surface area (Å²) in [5.74, 6) is 0.117. The molecule has 0 amide bonds. The van der Waals surface area contributed by atoms with Crippen LogP contribution in [0.25, 0.3) is 0 Å². The van der Waals surface area contributed by atoms with E-state index in [9.17, 15) is 4.79 Å². The van der Waals surface area contributed by atoms with Crippen LogP contribution in [0.2, 0.25) is 0 Å². The van der Waals surface area contributed by atoms with Crippen LogP contribution < -0.4 is 0 Å². The maximum absolute atomic E-state index is 12.0. The molecule has 80 valence electrons. The Morgan fingerprint density at radius 1 is 1.12 bits per heavy atom. The maximum atomic E-state index is 12.0. The van der Waals surface area contributed by atoms with E-state index in [1.54, 1.807) is 30.9 Å². The molecule has 0 aliphatic heterocycles. The number of ketones is 1. The van der Waals surface area contributed by atoms with Gasteiger partial charge in [-0.2, -0.15) is 0 Å². The van der Waals surface area contributed by atoms with Gasteiger partial charge in [-0.15, -0.1) is 0 Å². The third kappa shape index (κ3) is 2.31. The zero-order valence-corrected chi connectivity index (χ0v) is 9.05. The minimum atomic E-state index is 0.117. The third-order valence-electron chi connectivity index (χ3n) is 2.43. The molecule has 2 heterocycles. The number of carbonyl (C=O) groups excluding carboxylic acids is 1. The topological polar surface area (TPSA) is 42.9 Å². The van der Waals surface area contributed by atoms with Crippen molar-refractivity contribution >= 4 is 5.78 Å². The van der Waals surface area contributed by atoms with Crippen molar-refractivity contribution in [2.45, 2.75) is 13.3 Å². The molecule has 0 unspecified atom stereocenters. The molecule has 3 nitrogen and oxygen atoms in total. The van der Waals surface area contributed by atoms with Gasteiger partial charge in [0.2, 0.25) is 0 Å². The number of Topliss-reactive ketones (excluding diaryl/α,β-unsaturated/α-hetero) is 1. The standard InChI is InChI=1S/C13H12N2O/c1-10-9-15-7-4-12(10)13(16)8-11-2-5-14-6-3-11/h2-7,9H,8H2,1H3. The van der Waals surface area contributed by atoms with Crippen LogP contribution in [0.5, 0.6) is 0 Å². The molecule has 2 aromatic heterocycles. The highest BCUT2D eigenvalue weighted by atomic mass is 16.1. The molecule has 0 atom stereocenters. The summed E-state index contributed by atoms with van der Waals surface area (Å²) in [6, 6.07) is 5.47. The lowest BCUT2D eigenvalue weighted by Crippen LogP contribution is -2.05. The number of aryl methyl sites for hydroxylation is 1. The van der Waals surface area contributed by atoms with E-state index >= 15 is 0 Å². The quantitative estimate of drug-likeness (QED) is 0.732. The molecule has 0 aliphatic carbocycles. The average Bonchev–Trinajstić information content (AvgIpc) is 2.31. The van der Waals surface area contributed by atoms with Gasteiger partial charge < -0.3 is 0 Å². The van der Waals surface area contributed by atoms with Crippen LogP contribution in [-0.2, 0) is 6.42 Å². The van der Waals surface area contributed by atoms with Gasteiger partial charge in [-0.25, -0.2) is 0 Å². The zero-order chi connectivity index (χ0) is 11.4. The second-order valence-corrected chi connectivity index (χ2v) is 3.65. The third-order valence-corrected chi connectivity index (χ3v) is 2.43. The highest BCUT2D eigenvalue weighted by Crippen LogP contribution is 2.09. The molecule has 0 spiro atoms. The Bertz CT molecular complexity index is 494. The SMILES string of the molecule is Cc1cnccc1C(=O)Cc1ccncc1. The molecule has 0 aromatic carbocycles. The van der Waals surface area contributed by atoms with Crippen molar-refractivity contribution in [3.63, 3.8) is 0 Å². The van der Waals surface area contributed by atoms with E-state index in [-0.39, 0.29) is 5.78 Å². The van der Waals surface area contributed by atoms with Crippen LogP contribution in [0.4, 0.5) is 0 Å². The molecule has 3 heteroatoms. The summed E-state index contributed by atoms with van der Waals surface area (Å²) in [6.45, 7) is 1.90. The summed E-state index contributed by atoms with van der Waals surface area (Å²) in [7, 11) is 0. The summed E-state index contributed by atoms with van der Waals surface area (Å²) in [6.07, 6.45) is 7.16. The first kappa shape index (κ1) is 10.5. The molecular formula is C13H12N2O. The van der Waals surface area contributed by atoms with Gasteiger partial charge in [0.05, 0.1) is 0 Å². The zero-order valence-electron chi connectivity index (χ0n) is 9.05. The van der Waals surface area contributed by atoms with Crippen LogP contribution in [0.3, 0.4) is 0 Å². The highest BCUT2D eigenvalue weighted by molar-refractivity contribution is 5.98. The number of carbonyl (C=O) groups is 1. The molecule has 0 saturated heterocycles. The number of aromatic nitrogens is 2. The number of rotatable bonds is 3. The smallest absolute Gasteiger partial charge is 0.167 e. The normalized spacial score (nSPS) is 10.1. The summed E-state index contributed by atoms with van der Waals surface area (Å²) in [5.41, 5.74) is 2.64. The van der Waals surface area contributed by atoms with Crippen LogP contribution in [0.1, 0.15) is 21.5 Å². The van der Waals surface area contributed by atoms with Gasteiger partial charge in [0.25, 0.3) is 0 Å². The lowest BCUT2D eigenvalue weighted by Gasteiger charge is -2.03. The number of nitrogens with zero attached hydrogens (tertiary/aromatic N) is 2. The summed E-state index contributed by atoms with van der Waals surface area (Å²) >= 11 is 0. The summed E-state index contributed by atoms with van der Waals surface area (Å²) in [5, 5.41) is 0. The van der Waals surface area contributed by atoms with Crippen LogP contribution >= 0.6 is 0 Å². The van der Waals surface area contributed by atoms with Crippen molar-refractivity contribution in [1.82, 2.24) is 9.97 Å². The van der Waals surface area contributed by atoms with E-state index in [1.807, 2.05) is 19.1 Å². The first-order chi connectivity index (χ1) is 7.77. The summed E-state index contributed by atoms with van der Waals surface area (Å²) in [4.78, 5) is 19.9. The van der Waals surface area contributed by atoms with E-state index in [1.165, 1.54) is 0 Å². The fourth-order valence-corrected chi connectivity index (χ4v) is 1.57. The number of hydrogen-bond donors (Lipinski definition) is 0. The molecule has 0 fully saturated rings. The van der Waals surface area contributed by atoms with E-state index in [2.05, 4.69) is 9.97 Å². The Morgan fingerprint density at radius 3 is 2.50 bits per heavy atom. The Hall–Kier alpha value is -2.03. The molecule has 2 aromatic rings. The van der Waals surface area contributed by atoms with Crippen LogP contribution in [0, 0.1) is 6.92 Å². The lowest BCUT2D eigenvalue weighted by molar-refractivity contribution is 0.0992. The van der Waals surface area contributed by atoms with Crippen molar-refractivity contribution in [2.75, 3.05) is 0 Å². The molecule has 0 N–H and O–H groups in total. The second-order valence-electron chi connectivity index (χ2n) is 3.65. The average molecular weight is 212 g/mol. The van der Waals surface area contributed by atoms with Crippen molar-refractivity contribution in [2.24, 2.45) is 0 Å². The van der Waals surface area contributed by atoms with Gasteiger partial charge in [-0.05, 0) is 36.2 Å². The van der Waals surface area contributed by atoms with E-state index < -0.39 is 0 Å². The number of hydrogen-bond acceptors (Lipinski definition) is 3. The fraction of sp³-hybridized carbons (Fsp3) is 0.154. The van der Waals surface area contributed by atoms with Crippen molar-refractivity contribution in [3.8, 4) is 0 Å². The molecule has 16 heavy (non-hydrogen) atoms. The number of pyridine rings is 2. The first-order valence-electron chi connectivity index (χ1n) is 5.10. The minimum absolute atomic E-state index is 0.117. The largest absolute Gasteiger partial charge is 0.294 e. The monoisotopic (exact) mass is 212 g/mol. The van der Waals surface area contributed by atoms with Crippen molar-refractivity contribution in [3.05, 3.63) is 59.7 Å². The van der Waals surface area contributed by atoms with Gasteiger partial charge in [-0.1, -0.05) is 0 Å². The lowest BCUT2D eigenvalue weighted by atomic mass is 10.0. The molecule has 0 saturated carbocycles. The molecule has 2 rings (SSSR count). The predicted molar refractivity (Wildman–Crippen MR) is 61.2 cm³/mol. The fourth-order valence-electron chi connectivity index (χ4n) is 1.57. The van der Waals surface area contributed by atoms with Gasteiger partial charge in [0.15, 0.2) is 5.78 Å². The summed E-state index contributed by atoms with van der Waals surface area (Å²) < 4.78 is 0. The van der Waals surface area contributed by atoms with E-state index in [4.69, 9.17) is 0 Å². The van der Waals surface area contributed by atoms with Crippen molar-refractivity contribution in [1.29, 1.82) is 0 Å². The first-order valence-corrected chi connectivity index (χ1v) is 5.10. The van der Waals surface area contributed by atoms with Gasteiger partial charge in [0.1, 0.15) is 0 Å². The molecule has 0 aliphatic rings. The minimum Gasteiger partial charge on any atom is -0.294 e. The predicted octanol–water partition coefficient (Wildman–Crippen LogP) is 2.21.